The van der Waals surface area contributed by atoms with Gasteiger partial charge in [0.2, 0.25) is 5.91 Å². The van der Waals surface area contributed by atoms with Crippen molar-refractivity contribution in [3.63, 3.8) is 0 Å². The fraction of sp³-hybridized carbons (Fsp3) is 0.467. The van der Waals surface area contributed by atoms with E-state index in [1.54, 1.807) is 4.68 Å². The molecule has 0 atom stereocenters. The number of anilines is 3. The molecule has 3 aromatic rings. The minimum absolute atomic E-state index is 0.128. The van der Waals surface area contributed by atoms with E-state index in [2.05, 4.69) is 43.2 Å². The Morgan fingerprint density at radius 3 is 2.18 bits per heavy atom. The zero-order valence-corrected chi connectivity index (χ0v) is 23.8. The first kappa shape index (κ1) is 26.7. The molecule has 9 heteroatoms. The molecule has 206 valence electrons. The lowest BCUT2D eigenvalue weighted by Gasteiger charge is -2.36. The van der Waals surface area contributed by atoms with Gasteiger partial charge in [-0.25, -0.2) is 14.5 Å². The fourth-order valence-corrected chi connectivity index (χ4v) is 4.77. The van der Waals surface area contributed by atoms with Crippen LogP contribution in [0.15, 0.2) is 42.5 Å². The molecule has 1 aliphatic heterocycles. The molecule has 5 rings (SSSR count). The normalized spacial score (nSPS) is 16.7. The molecule has 39 heavy (non-hydrogen) atoms. The monoisotopic (exact) mass is 529 g/mol. The number of amides is 3. The Bertz CT molecular complexity index is 1380. The SMILES string of the molecule is Cc1ccc(-n2nc(C(C)(C)C)cc2NC(=O)Nc2ccc(N3CCN(C(=O)C4(C)CC4)CC3)nc2C)cc1. The van der Waals surface area contributed by atoms with Crippen molar-refractivity contribution < 1.29 is 9.59 Å². The summed E-state index contributed by atoms with van der Waals surface area (Å²) in [7, 11) is 0. The van der Waals surface area contributed by atoms with Crippen LogP contribution in [0, 0.1) is 19.3 Å². The molecular formula is C30H39N7O2. The van der Waals surface area contributed by atoms with Gasteiger partial charge in [0.15, 0.2) is 0 Å². The van der Waals surface area contributed by atoms with Crippen LogP contribution in [0.3, 0.4) is 0 Å². The molecule has 1 aromatic carbocycles. The number of piperazine rings is 1. The van der Waals surface area contributed by atoms with Crippen molar-refractivity contribution >= 4 is 29.3 Å². The number of carbonyl (C=O) groups excluding carboxylic acids is 2. The zero-order valence-electron chi connectivity index (χ0n) is 23.8. The number of nitrogens with zero attached hydrogens (tertiary/aromatic N) is 5. The number of nitrogens with one attached hydrogen (secondary N) is 2. The van der Waals surface area contributed by atoms with Crippen LogP contribution in [0.4, 0.5) is 22.1 Å². The van der Waals surface area contributed by atoms with E-state index in [0.29, 0.717) is 24.6 Å². The maximum absolute atomic E-state index is 13.1. The molecule has 1 aliphatic carbocycles. The van der Waals surface area contributed by atoms with E-state index >= 15 is 0 Å². The number of benzene rings is 1. The van der Waals surface area contributed by atoms with Crippen LogP contribution in [0.2, 0.25) is 0 Å². The van der Waals surface area contributed by atoms with Crippen LogP contribution >= 0.6 is 0 Å². The number of aryl methyl sites for hydroxylation is 2. The van der Waals surface area contributed by atoms with Crippen molar-refractivity contribution in [1.82, 2.24) is 19.7 Å². The smallest absolute Gasteiger partial charge is 0.324 e. The average Bonchev–Trinajstić information content (AvgIpc) is 3.50. The minimum atomic E-state index is -0.359. The molecule has 0 radical (unpaired) electrons. The summed E-state index contributed by atoms with van der Waals surface area (Å²) in [6.45, 7) is 15.2. The van der Waals surface area contributed by atoms with E-state index in [-0.39, 0.29) is 22.8 Å². The van der Waals surface area contributed by atoms with E-state index in [4.69, 9.17) is 10.1 Å². The van der Waals surface area contributed by atoms with E-state index in [9.17, 15) is 9.59 Å². The molecule has 0 unspecified atom stereocenters. The molecule has 2 N–H and O–H groups in total. The second-order valence-electron chi connectivity index (χ2n) is 12.1. The van der Waals surface area contributed by atoms with Crippen LogP contribution in [-0.2, 0) is 10.2 Å². The summed E-state index contributed by atoms with van der Waals surface area (Å²) in [5.41, 5.74) is 3.99. The predicted octanol–water partition coefficient (Wildman–Crippen LogP) is 5.27. The number of aromatic nitrogens is 3. The van der Waals surface area contributed by atoms with Gasteiger partial charge in [0.25, 0.3) is 0 Å². The average molecular weight is 530 g/mol. The Morgan fingerprint density at radius 2 is 1.59 bits per heavy atom. The molecule has 0 bridgehead atoms. The standard InChI is InChI=1S/C30H39N7O2/c1-20-7-9-22(10-8-20)37-26(19-24(34-37)29(3,4)5)33-28(39)32-23-11-12-25(31-21(23)2)35-15-17-36(18-16-35)27(38)30(6)13-14-30/h7-12,19H,13-18H2,1-6H3,(H2,32,33,39). The summed E-state index contributed by atoms with van der Waals surface area (Å²) in [6.07, 6.45) is 2.00. The van der Waals surface area contributed by atoms with Crippen LogP contribution < -0.4 is 15.5 Å². The van der Waals surface area contributed by atoms with E-state index in [1.807, 2.05) is 61.2 Å². The van der Waals surface area contributed by atoms with Gasteiger partial charge in [-0.3, -0.25) is 10.1 Å². The van der Waals surface area contributed by atoms with Crippen molar-refractivity contribution in [2.75, 3.05) is 41.7 Å². The molecular weight excluding hydrogens is 490 g/mol. The Labute approximate surface area is 230 Å². The number of carbonyl (C=O) groups is 2. The third kappa shape index (κ3) is 5.77. The van der Waals surface area contributed by atoms with Crippen LogP contribution in [-0.4, -0.2) is 57.8 Å². The molecule has 1 saturated heterocycles. The van der Waals surface area contributed by atoms with E-state index in [1.165, 1.54) is 0 Å². The van der Waals surface area contributed by atoms with Gasteiger partial charge in [0.05, 0.1) is 22.8 Å². The van der Waals surface area contributed by atoms with Crippen molar-refractivity contribution in [3.8, 4) is 5.69 Å². The van der Waals surface area contributed by atoms with Crippen LogP contribution in [0.25, 0.3) is 5.69 Å². The Morgan fingerprint density at radius 1 is 0.923 bits per heavy atom. The van der Waals surface area contributed by atoms with Gasteiger partial charge in [-0.05, 0) is 51.0 Å². The molecule has 2 aromatic heterocycles. The molecule has 0 spiro atoms. The number of urea groups is 1. The zero-order chi connectivity index (χ0) is 27.9. The Kier molecular flexibility index (Phi) is 6.86. The maximum atomic E-state index is 13.1. The molecule has 2 fully saturated rings. The van der Waals surface area contributed by atoms with Gasteiger partial charge in [-0.1, -0.05) is 45.4 Å². The fourth-order valence-electron chi connectivity index (χ4n) is 4.77. The minimum Gasteiger partial charge on any atom is -0.353 e. The molecule has 1 saturated carbocycles. The molecule has 2 aliphatic rings. The molecule has 9 nitrogen and oxygen atoms in total. The van der Waals surface area contributed by atoms with Crippen LogP contribution in [0.5, 0.6) is 0 Å². The summed E-state index contributed by atoms with van der Waals surface area (Å²) >= 11 is 0. The number of pyridine rings is 1. The highest BCUT2D eigenvalue weighted by molar-refractivity contribution is 5.99. The molecule has 3 heterocycles. The summed E-state index contributed by atoms with van der Waals surface area (Å²) < 4.78 is 1.77. The summed E-state index contributed by atoms with van der Waals surface area (Å²) in [5, 5.41) is 10.7. The van der Waals surface area contributed by atoms with E-state index < -0.39 is 0 Å². The van der Waals surface area contributed by atoms with Crippen LogP contribution in [0.1, 0.15) is 57.5 Å². The second-order valence-corrected chi connectivity index (χ2v) is 12.1. The lowest BCUT2D eigenvalue weighted by molar-refractivity contribution is -0.136. The van der Waals surface area contributed by atoms with Gasteiger partial charge in [-0.2, -0.15) is 5.10 Å². The Balaban J connectivity index is 1.25. The Hall–Kier alpha value is -3.88. The quantitative estimate of drug-likeness (QED) is 0.469. The summed E-state index contributed by atoms with van der Waals surface area (Å²) in [5.74, 6) is 1.74. The largest absolute Gasteiger partial charge is 0.353 e. The second kappa shape index (κ2) is 10.0. The highest BCUT2D eigenvalue weighted by atomic mass is 16.2. The van der Waals surface area contributed by atoms with Gasteiger partial charge in [0.1, 0.15) is 11.6 Å². The highest BCUT2D eigenvalue weighted by Crippen LogP contribution is 2.46. The number of hydrogen-bond donors (Lipinski definition) is 2. The number of rotatable bonds is 5. The first-order valence-electron chi connectivity index (χ1n) is 13.7. The molecule has 3 amide bonds. The lowest BCUT2D eigenvalue weighted by Crippen LogP contribution is -2.50. The summed E-state index contributed by atoms with van der Waals surface area (Å²) in [6, 6.07) is 13.4. The van der Waals surface area contributed by atoms with Crippen molar-refractivity contribution in [1.29, 1.82) is 0 Å². The van der Waals surface area contributed by atoms with Crippen molar-refractivity contribution in [2.45, 2.75) is 59.8 Å². The topological polar surface area (TPSA) is 95.4 Å². The van der Waals surface area contributed by atoms with Gasteiger partial charge >= 0.3 is 6.03 Å². The van der Waals surface area contributed by atoms with Gasteiger partial charge in [0, 0.05) is 43.1 Å². The third-order valence-electron chi connectivity index (χ3n) is 7.72. The van der Waals surface area contributed by atoms with E-state index in [0.717, 1.165) is 54.4 Å². The lowest BCUT2D eigenvalue weighted by atomic mass is 9.92. The maximum Gasteiger partial charge on any atom is 0.324 e. The van der Waals surface area contributed by atoms with Crippen molar-refractivity contribution in [3.05, 3.63) is 59.4 Å². The summed E-state index contributed by atoms with van der Waals surface area (Å²) in [4.78, 5) is 34.7. The van der Waals surface area contributed by atoms with Crippen molar-refractivity contribution in [2.24, 2.45) is 5.41 Å². The predicted molar refractivity (Wildman–Crippen MR) is 155 cm³/mol. The highest BCUT2D eigenvalue weighted by Gasteiger charge is 2.47. The van der Waals surface area contributed by atoms with Gasteiger partial charge < -0.3 is 15.1 Å². The third-order valence-corrected chi connectivity index (χ3v) is 7.72. The first-order chi connectivity index (χ1) is 18.4. The number of hydrogen-bond acceptors (Lipinski definition) is 5. The first-order valence-corrected chi connectivity index (χ1v) is 13.7. The van der Waals surface area contributed by atoms with Gasteiger partial charge in [-0.15, -0.1) is 0 Å².